The number of oxazole rings is 1. The Morgan fingerprint density at radius 3 is 2.69 bits per heavy atom. The summed E-state index contributed by atoms with van der Waals surface area (Å²) in [6, 6.07) is 17.7. The molecule has 1 aromatic heterocycles. The minimum Gasteiger partial charge on any atom is -0.450 e. The number of carbonyl (C=O) groups is 2. The van der Waals surface area contributed by atoms with Crippen molar-refractivity contribution in [3.8, 4) is 11.5 Å². The Morgan fingerprint density at radius 1 is 1.12 bits per heavy atom. The van der Waals surface area contributed by atoms with E-state index in [-0.39, 0.29) is 12.3 Å². The Kier molecular flexibility index (Phi) is 6.54. The highest BCUT2D eigenvalue weighted by molar-refractivity contribution is 5.79. The van der Waals surface area contributed by atoms with Gasteiger partial charge in [0.1, 0.15) is 5.76 Å². The lowest BCUT2D eigenvalue weighted by Gasteiger charge is -2.23. The lowest BCUT2D eigenvalue weighted by Crippen LogP contribution is -2.39. The second kappa shape index (κ2) is 9.68. The van der Waals surface area contributed by atoms with Crippen molar-refractivity contribution in [1.82, 2.24) is 9.88 Å². The Morgan fingerprint density at radius 2 is 1.91 bits per heavy atom. The van der Waals surface area contributed by atoms with Gasteiger partial charge in [-0.25, -0.2) is 9.78 Å². The Hall–Kier alpha value is -3.61. The highest BCUT2D eigenvalue weighted by atomic mass is 16.7. The topological polar surface area (TPSA) is 92.9 Å². The maximum atomic E-state index is 12.7. The number of likely N-dealkylation sites (tertiary alicyclic amines) is 1. The zero-order valence-corrected chi connectivity index (χ0v) is 18.0. The first-order valence-electron chi connectivity index (χ1n) is 10.8. The standard InChI is InChI=1S/C25H26N2O5/c1-17-21(26-24(31-17)20-9-3-2-4-10-20)13-12-18-7-5-8-19(15-18)16-22(28)27-14-6-11-23(27)32-25(29)30/h2-5,7-10,15,23H,6,11-14,16H2,1H3,(H,29,30)/t23-/m1/s1. The molecular formula is C25H26N2O5. The number of carbonyl (C=O) groups excluding carboxylic acids is 1. The maximum absolute atomic E-state index is 12.7. The highest BCUT2D eigenvalue weighted by Gasteiger charge is 2.31. The van der Waals surface area contributed by atoms with E-state index in [1.54, 1.807) is 0 Å². The summed E-state index contributed by atoms with van der Waals surface area (Å²) in [5, 5.41) is 8.87. The molecule has 2 aromatic carbocycles. The summed E-state index contributed by atoms with van der Waals surface area (Å²) in [5.74, 6) is 1.32. The van der Waals surface area contributed by atoms with Gasteiger partial charge < -0.3 is 19.2 Å². The number of aryl methyl sites for hydroxylation is 3. The average molecular weight is 434 g/mol. The molecule has 0 aliphatic carbocycles. The molecule has 2 heterocycles. The zero-order valence-electron chi connectivity index (χ0n) is 18.0. The van der Waals surface area contributed by atoms with Crippen LogP contribution in [0.2, 0.25) is 0 Å². The average Bonchev–Trinajstić information content (AvgIpc) is 3.39. The molecule has 3 aromatic rings. The smallest absolute Gasteiger partial charge is 0.450 e. The predicted octanol–water partition coefficient (Wildman–Crippen LogP) is 4.62. The van der Waals surface area contributed by atoms with Crippen molar-refractivity contribution < 1.29 is 23.8 Å². The van der Waals surface area contributed by atoms with Crippen LogP contribution in [0.15, 0.2) is 59.0 Å². The summed E-state index contributed by atoms with van der Waals surface area (Å²) in [4.78, 5) is 29.7. The van der Waals surface area contributed by atoms with Crippen LogP contribution in [0.5, 0.6) is 0 Å². The number of amides is 1. The van der Waals surface area contributed by atoms with Gasteiger partial charge in [-0.1, -0.05) is 42.5 Å². The molecule has 0 saturated carbocycles. The van der Waals surface area contributed by atoms with E-state index in [0.717, 1.165) is 47.4 Å². The van der Waals surface area contributed by atoms with Crippen LogP contribution in [0.1, 0.15) is 35.4 Å². The molecule has 1 fully saturated rings. The summed E-state index contributed by atoms with van der Waals surface area (Å²) in [5.41, 5.74) is 3.89. The largest absolute Gasteiger partial charge is 0.507 e. The number of hydrogen-bond donors (Lipinski definition) is 1. The van der Waals surface area contributed by atoms with Gasteiger partial charge in [0.15, 0.2) is 6.23 Å². The third-order valence-electron chi connectivity index (χ3n) is 5.67. The zero-order chi connectivity index (χ0) is 22.5. The Balaban J connectivity index is 1.38. The van der Waals surface area contributed by atoms with E-state index in [9.17, 15) is 9.59 Å². The molecule has 1 N–H and O–H groups in total. The summed E-state index contributed by atoms with van der Waals surface area (Å²) < 4.78 is 10.7. The van der Waals surface area contributed by atoms with Gasteiger partial charge in [0.2, 0.25) is 11.8 Å². The Bertz CT molecular complexity index is 1090. The van der Waals surface area contributed by atoms with E-state index in [1.807, 2.05) is 61.5 Å². The van der Waals surface area contributed by atoms with Crippen molar-refractivity contribution in [3.05, 3.63) is 77.2 Å². The molecule has 0 radical (unpaired) electrons. The minimum absolute atomic E-state index is 0.120. The van der Waals surface area contributed by atoms with E-state index in [0.29, 0.717) is 18.9 Å². The van der Waals surface area contributed by atoms with Gasteiger partial charge in [-0.15, -0.1) is 0 Å². The van der Waals surface area contributed by atoms with Crippen molar-refractivity contribution in [2.75, 3.05) is 6.54 Å². The second-order valence-electron chi connectivity index (χ2n) is 7.95. The van der Waals surface area contributed by atoms with Crippen LogP contribution in [0.3, 0.4) is 0 Å². The van der Waals surface area contributed by atoms with Crippen molar-refractivity contribution in [1.29, 1.82) is 0 Å². The molecule has 4 rings (SSSR count). The number of nitrogens with zero attached hydrogens (tertiary/aromatic N) is 2. The van der Waals surface area contributed by atoms with Gasteiger partial charge in [-0.2, -0.15) is 0 Å². The molecule has 166 valence electrons. The van der Waals surface area contributed by atoms with Crippen LogP contribution in [0.25, 0.3) is 11.5 Å². The number of ether oxygens (including phenoxy) is 1. The second-order valence-corrected chi connectivity index (χ2v) is 7.95. The lowest BCUT2D eigenvalue weighted by molar-refractivity contribution is -0.138. The lowest BCUT2D eigenvalue weighted by atomic mass is 10.0. The number of rotatable bonds is 7. The van der Waals surface area contributed by atoms with E-state index in [2.05, 4.69) is 4.98 Å². The SMILES string of the molecule is Cc1oc(-c2ccccc2)nc1CCc1cccc(CC(=O)N2CCC[C@H]2OC(=O)O)c1. The van der Waals surface area contributed by atoms with Gasteiger partial charge >= 0.3 is 6.16 Å². The number of benzene rings is 2. The normalized spacial score (nSPS) is 15.7. The quantitative estimate of drug-likeness (QED) is 0.546. The number of hydrogen-bond acceptors (Lipinski definition) is 5. The first kappa shape index (κ1) is 21.6. The number of carboxylic acid groups (broad SMARTS) is 1. The molecule has 1 amide bonds. The van der Waals surface area contributed by atoms with Crippen LogP contribution in [0, 0.1) is 6.92 Å². The fraction of sp³-hybridized carbons (Fsp3) is 0.320. The van der Waals surface area contributed by atoms with Crippen LogP contribution in [-0.4, -0.2) is 39.8 Å². The monoisotopic (exact) mass is 434 g/mol. The van der Waals surface area contributed by atoms with Crippen LogP contribution >= 0.6 is 0 Å². The van der Waals surface area contributed by atoms with Crippen LogP contribution in [0.4, 0.5) is 4.79 Å². The third kappa shape index (κ3) is 5.17. The molecule has 1 atom stereocenters. The first-order chi connectivity index (χ1) is 15.5. The van der Waals surface area contributed by atoms with Gasteiger partial charge in [0, 0.05) is 18.5 Å². The van der Waals surface area contributed by atoms with Gasteiger partial charge in [-0.3, -0.25) is 4.79 Å². The summed E-state index contributed by atoms with van der Waals surface area (Å²) in [7, 11) is 0. The molecule has 0 unspecified atom stereocenters. The molecule has 0 spiro atoms. The molecule has 1 saturated heterocycles. The molecule has 7 heteroatoms. The maximum Gasteiger partial charge on any atom is 0.507 e. The van der Waals surface area contributed by atoms with Crippen LogP contribution < -0.4 is 0 Å². The molecule has 1 aliphatic rings. The number of aromatic nitrogens is 1. The summed E-state index contributed by atoms with van der Waals surface area (Å²) >= 11 is 0. The van der Waals surface area contributed by atoms with Crippen molar-refractivity contribution in [2.24, 2.45) is 0 Å². The summed E-state index contributed by atoms with van der Waals surface area (Å²) in [6.07, 6.45) is 0.978. The highest BCUT2D eigenvalue weighted by Crippen LogP contribution is 2.23. The van der Waals surface area contributed by atoms with Gasteiger partial charge in [0.05, 0.1) is 12.1 Å². The van der Waals surface area contributed by atoms with E-state index in [1.165, 1.54) is 4.90 Å². The first-order valence-corrected chi connectivity index (χ1v) is 10.8. The van der Waals surface area contributed by atoms with Crippen molar-refractivity contribution in [2.45, 2.75) is 45.3 Å². The third-order valence-corrected chi connectivity index (χ3v) is 5.67. The van der Waals surface area contributed by atoms with Gasteiger partial charge in [-0.05, 0) is 49.4 Å². The molecule has 0 bridgehead atoms. The molecule has 7 nitrogen and oxygen atoms in total. The van der Waals surface area contributed by atoms with Crippen LogP contribution in [-0.2, 0) is 28.8 Å². The predicted molar refractivity (Wildman–Crippen MR) is 118 cm³/mol. The van der Waals surface area contributed by atoms with E-state index < -0.39 is 12.4 Å². The van der Waals surface area contributed by atoms with E-state index in [4.69, 9.17) is 14.3 Å². The summed E-state index contributed by atoms with van der Waals surface area (Å²) in [6.45, 7) is 2.45. The van der Waals surface area contributed by atoms with Crippen molar-refractivity contribution >= 4 is 12.1 Å². The van der Waals surface area contributed by atoms with Gasteiger partial charge in [0.25, 0.3) is 0 Å². The molecular weight excluding hydrogens is 408 g/mol. The minimum atomic E-state index is -1.35. The fourth-order valence-electron chi connectivity index (χ4n) is 4.06. The van der Waals surface area contributed by atoms with E-state index >= 15 is 0 Å². The fourth-order valence-corrected chi connectivity index (χ4v) is 4.06. The Labute approximate surface area is 186 Å². The van der Waals surface area contributed by atoms with Crippen molar-refractivity contribution in [3.63, 3.8) is 0 Å². The molecule has 1 aliphatic heterocycles. The molecule has 32 heavy (non-hydrogen) atoms.